The zero-order chi connectivity index (χ0) is 25.8. The van der Waals surface area contributed by atoms with E-state index in [1.54, 1.807) is 60.7 Å². The van der Waals surface area contributed by atoms with Crippen molar-refractivity contribution in [2.75, 3.05) is 13.1 Å². The van der Waals surface area contributed by atoms with Gasteiger partial charge in [-0.2, -0.15) is 0 Å². The Bertz CT molecular complexity index is 1510. The van der Waals surface area contributed by atoms with Crippen LogP contribution in [0.3, 0.4) is 0 Å². The third kappa shape index (κ3) is 3.63. The van der Waals surface area contributed by atoms with E-state index in [2.05, 4.69) is 0 Å². The number of imide groups is 2. The summed E-state index contributed by atoms with van der Waals surface area (Å²) in [5.41, 5.74) is 1.86. The first-order chi connectivity index (χ1) is 17.9. The van der Waals surface area contributed by atoms with Crippen LogP contribution in [0.4, 0.5) is 0 Å². The van der Waals surface area contributed by atoms with Gasteiger partial charge in [0, 0.05) is 66.9 Å². The molecule has 0 fully saturated rings. The Morgan fingerprint density at radius 2 is 0.865 bits per heavy atom. The van der Waals surface area contributed by atoms with E-state index in [1.165, 1.54) is 9.80 Å². The van der Waals surface area contributed by atoms with Crippen molar-refractivity contribution >= 4 is 68.4 Å². The molecule has 0 saturated heterocycles. The Morgan fingerprint density at radius 1 is 0.486 bits per heavy atom. The van der Waals surface area contributed by atoms with Crippen molar-refractivity contribution in [3.8, 4) is 0 Å². The zero-order valence-corrected chi connectivity index (χ0v) is 21.1. The Labute approximate surface area is 222 Å². The van der Waals surface area contributed by atoms with E-state index >= 15 is 0 Å². The van der Waals surface area contributed by atoms with Crippen LogP contribution in [0.5, 0.6) is 0 Å². The van der Waals surface area contributed by atoms with Gasteiger partial charge in [0.15, 0.2) is 0 Å². The number of nitrogens with zero attached hydrogens (tertiary/aromatic N) is 2. The molecular weight excluding hydrogens is 511 g/mol. The van der Waals surface area contributed by atoms with Gasteiger partial charge in [-0.3, -0.25) is 29.0 Å². The number of hydrogen-bond acceptors (Lipinski definition) is 4. The molecule has 0 saturated carbocycles. The first-order valence-electron chi connectivity index (χ1n) is 12.0. The van der Waals surface area contributed by atoms with Crippen molar-refractivity contribution in [3.63, 3.8) is 0 Å². The normalized spacial score (nSPS) is 14.9. The summed E-state index contributed by atoms with van der Waals surface area (Å²) in [6.45, 7) is 0.497. The molecule has 6 rings (SSSR count). The van der Waals surface area contributed by atoms with Crippen LogP contribution in [0.2, 0.25) is 10.0 Å². The summed E-state index contributed by atoms with van der Waals surface area (Å²) < 4.78 is 0. The highest BCUT2D eigenvalue weighted by Gasteiger charge is 2.34. The second-order valence-electron chi connectivity index (χ2n) is 9.23. The molecule has 37 heavy (non-hydrogen) atoms. The molecule has 0 unspecified atom stereocenters. The van der Waals surface area contributed by atoms with Crippen LogP contribution in [0.15, 0.2) is 60.7 Å². The predicted octanol–water partition coefficient (Wildman–Crippen LogP) is 6.36. The van der Waals surface area contributed by atoms with Crippen LogP contribution in [0.25, 0.3) is 21.5 Å². The fraction of sp³-hybridized carbons (Fsp3) is 0.172. The lowest BCUT2D eigenvalue weighted by Gasteiger charge is -2.28. The number of halogens is 2. The molecule has 0 atom stereocenters. The Morgan fingerprint density at radius 3 is 1.27 bits per heavy atom. The first kappa shape index (κ1) is 23.6. The molecule has 4 aromatic rings. The fourth-order valence-electron chi connectivity index (χ4n) is 5.34. The van der Waals surface area contributed by atoms with E-state index in [9.17, 15) is 19.2 Å². The Hall–Kier alpha value is -3.74. The summed E-state index contributed by atoms with van der Waals surface area (Å²) in [6.07, 6.45) is 1.73. The lowest BCUT2D eigenvalue weighted by atomic mass is 9.93. The zero-order valence-electron chi connectivity index (χ0n) is 19.6. The summed E-state index contributed by atoms with van der Waals surface area (Å²) >= 11 is 12.6. The highest BCUT2D eigenvalue weighted by atomic mass is 35.5. The second kappa shape index (κ2) is 8.98. The van der Waals surface area contributed by atoms with E-state index in [0.29, 0.717) is 73.1 Å². The van der Waals surface area contributed by atoms with Gasteiger partial charge in [-0.25, -0.2) is 0 Å². The van der Waals surface area contributed by atoms with E-state index < -0.39 is 0 Å². The van der Waals surface area contributed by atoms with Crippen molar-refractivity contribution in [1.29, 1.82) is 0 Å². The lowest BCUT2D eigenvalue weighted by molar-refractivity contribution is 0.0603. The topological polar surface area (TPSA) is 74.8 Å². The van der Waals surface area contributed by atoms with Crippen LogP contribution in [0.1, 0.15) is 60.7 Å². The standard InChI is InChI=1S/C29H20Cl2N2O4/c30-22-12-10-20-24-16(22)6-4-8-18(24)26(34)32(28(20)36)14-2-1-3-15-33-27(35)19-9-5-7-17-23(31)13-11-21(25(17)19)29(33)37/h4-13H,1-3,14-15H2. The van der Waals surface area contributed by atoms with Gasteiger partial charge in [-0.1, -0.05) is 47.5 Å². The lowest BCUT2D eigenvalue weighted by Crippen LogP contribution is -2.41. The maximum absolute atomic E-state index is 13.1. The van der Waals surface area contributed by atoms with Gasteiger partial charge in [0.2, 0.25) is 0 Å². The van der Waals surface area contributed by atoms with Gasteiger partial charge in [0.25, 0.3) is 23.6 Å². The van der Waals surface area contributed by atoms with Crippen molar-refractivity contribution in [1.82, 2.24) is 9.80 Å². The van der Waals surface area contributed by atoms with Crippen LogP contribution < -0.4 is 0 Å². The second-order valence-corrected chi connectivity index (χ2v) is 10.0. The molecule has 6 nitrogen and oxygen atoms in total. The van der Waals surface area contributed by atoms with E-state index in [0.717, 1.165) is 0 Å². The monoisotopic (exact) mass is 530 g/mol. The quantitative estimate of drug-likeness (QED) is 0.214. The highest BCUT2D eigenvalue weighted by molar-refractivity contribution is 6.38. The Kier molecular flexibility index (Phi) is 5.74. The van der Waals surface area contributed by atoms with E-state index in [4.69, 9.17) is 23.2 Å². The largest absolute Gasteiger partial charge is 0.274 e. The van der Waals surface area contributed by atoms with E-state index in [-0.39, 0.29) is 36.7 Å². The van der Waals surface area contributed by atoms with Crippen LogP contribution in [0, 0.1) is 0 Å². The number of benzene rings is 4. The number of amides is 4. The summed E-state index contributed by atoms with van der Waals surface area (Å²) in [5, 5.41) is 3.57. The number of carbonyl (C=O) groups excluding carboxylic acids is 4. The molecule has 0 N–H and O–H groups in total. The predicted molar refractivity (Wildman–Crippen MR) is 143 cm³/mol. The smallest absolute Gasteiger partial charge is 0.261 e. The van der Waals surface area contributed by atoms with Crippen LogP contribution in [-0.2, 0) is 0 Å². The van der Waals surface area contributed by atoms with Gasteiger partial charge in [-0.15, -0.1) is 0 Å². The molecule has 2 heterocycles. The molecule has 0 radical (unpaired) electrons. The average Bonchev–Trinajstić information content (AvgIpc) is 2.90. The van der Waals surface area contributed by atoms with Crippen LogP contribution in [-0.4, -0.2) is 46.5 Å². The molecule has 0 aliphatic carbocycles. The minimum Gasteiger partial charge on any atom is -0.274 e. The molecule has 184 valence electrons. The van der Waals surface area contributed by atoms with Crippen molar-refractivity contribution < 1.29 is 19.2 Å². The number of rotatable bonds is 6. The van der Waals surface area contributed by atoms with Gasteiger partial charge in [-0.05, 0) is 55.7 Å². The molecule has 8 heteroatoms. The third-order valence-corrected chi connectivity index (χ3v) is 7.80. The van der Waals surface area contributed by atoms with Gasteiger partial charge in [0.1, 0.15) is 0 Å². The number of carbonyl (C=O) groups is 4. The maximum Gasteiger partial charge on any atom is 0.261 e. The van der Waals surface area contributed by atoms with Crippen molar-refractivity contribution in [2.24, 2.45) is 0 Å². The first-order valence-corrected chi connectivity index (χ1v) is 12.8. The van der Waals surface area contributed by atoms with E-state index in [1.807, 2.05) is 0 Å². The van der Waals surface area contributed by atoms with Gasteiger partial charge in [0.05, 0.1) is 0 Å². The van der Waals surface area contributed by atoms with Gasteiger partial charge < -0.3 is 0 Å². The van der Waals surface area contributed by atoms with Crippen molar-refractivity contribution in [3.05, 3.63) is 93.0 Å². The number of unbranched alkanes of at least 4 members (excludes halogenated alkanes) is 2. The highest BCUT2D eigenvalue weighted by Crippen LogP contribution is 2.35. The summed E-state index contributed by atoms with van der Waals surface area (Å²) in [4.78, 5) is 55.0. The minimum atomic E-state index is -0.338. The average molecular weight is 531 g/mol. The third-order valence-electron chi connectivity index (χ3n) is 7.14. The molecule has 0 spiro atoms. The summed E-state index contributed by atoms with van der Waals surface area (Å²) in [6, 6.07) is 17.2. The molecule has 0 bridgehead atoms. The molecule has 2 aliphatic rings. The summed E-state index contributed by atoms with van der Waals surface area (Å²) in [5.74, 6) is -1.35. The minimum absolute atomic E-state index is 0.249. The molecule has 0 aromatic heterocycles. The fourth-order valence-corrected chi connectivity index (χ4v) is 5.78. The molecule has 4 amide bonds. The number of hydrogen-bond donors (Lipinski definition) is 0. The Balaban J connectivity index is 1.13. The maximum atomic E-state index is 13.1. The van der Waals surface area contributed by atoms with Crippen LogP contribution >= 0.6 is 23.2 Å². The van der Waals surface area contributed by atoms with Crippen molar-refractivity contribution in [2.45, 2.75) is 19.3 Å². The van der Waals surface area contributed by atoms with Gasteiger partial charge >= 0.3 is 0 Å². The summed E-state index contributed by atoms with van der Waals surface area (Å²) in [7, 11) is 0. The molecular formula is C29H20Cl2N2O4. The molecule has 4 aromatic carbocycles. The SMILES string of the molecule is O=C1c2cccc3c(Cl)ccc(c23)C(=O)N1CCCCCN1C(=O)c2cccc3c(Cl)ccc(c23)C1=O. The molecule has 2 aliphatic heterocycles.